The van der Waals surface area contributed by atoms with E-state index in [1.54, 1.807) is 17.7 Å². The minimum Gasteiger partial charge on any atom is -0.339 e. The van der Waals surface area contributed by atoms with Crippen LogP contribution >= 0.6 is 27.3 Å². The van der Waals surface area contributed by atoms with Crippen molar-refractivity contribution in [1.29, 1.82) is 0 Å². The zero-order valence-corrected chi connectivity index (χ0v) is 16.6. The van der Waals surface area contributed by atoms with Gasteiger partial charge in [0.05, 0.1) is 5.39 Å². The van der Waals surface area contributed by atoms with E-state index < -0.39 is 0 Å². The third-order valence-electron chi connectivity index (χ3n) is 4.57. The molecule has 1 N–H and O–H groups in total. The van der Waals surface area contributed by atoms with Gasteiger partial charge in [-0.15, -0.1) is 11.3 Å². The van der Waals surface area contributed by atoms with Crippen molar-refractivity contribution in [3.05, 3.63) is 82.9 Å². The number of anilines is 2. The molecule has 0 amide bonds. The van der Waals surface area contributed by atoms with Gasteiger partial charge in [0.25, 0.3) is 0 Å². The largest absolute Gasteiger partial charge is 0.339 e. The van der Waals surface area contributed by atoms with Gasteiger partial charge in [-0.3, -0.25) is 0 Å². The number of thiophene rings is 1. The van der Waals surface area contributed by atoms with E-state index in [1.165, 1.54) is 10.8 Å². The molecule has 0 aliphatic carbocycles. The van der Waals surface area contributed by atoms with Gasteiger partial charge in [0.1, 0.15) is 17.0 Å². The minimum atomic E-state index is 0.829. The average Bonchev–Trinajstić information content (AvgIpc) is 3.14. The molecule has 5 rings (SSSR count). The molecule has 0 spiro atoms. The Morgan fingerprint density at radius 2 is 1.67 bits per heavy atom. The molecule has 5 heteroatoms. The predicted molar refractivity (Wildman–Crippen MR) is 118 cm³/mol. The Labute approximate surface area is 168 Å². The van der Waals surface area contributed by atoms with E-state index in [-0.39, 0.29) is 0 Å². The van der Waals surface area contributed by atoms with E-state index >= 15 is 0 Å². The third-order valence-corrected chi connectivity index (χ3v) is 5.98. The van der Waals surface area contributed by atoms with Crippen LogP contribution in [0, 0.1) is 0 Å². The van der Waals surface area contributed by atoms with E-state index in [2.05, 4.69) is 103 Å². The van der Waals surface area contributed by atoms with Gasteiger partial charge >= 0.3 is 0 Å². The summed E-state index contributed by atoms with van der Waals surface area (Å²) in [5.41, 5.74) is 3.34. The van der Waals surface area contributed by atoms with Gasteiger partial charge in [0.2, 0.25) is 0 Å². The summed E-state index contributed by atoms with van der Waals surface area (Å²) in [5, 5.41) is 9.12. The number of halogens is 1. The second kappa shape index (κ2) is 6.76. The van der Waals surface area contributed by atoms with Crippen molar-refractivity contribution < 1.29 is 0 Å². The van der Waals surface area contributed by atoms with Gasteiger partial charge in [-0.1, -0.05) is 64.5 Å². The van der Waals surface area contributed by atoms with Crippen molar-refractivity contribution in [3.8, 4) is 11.1 Å². The first-order valence-corrected chi connectivity index (χ1v) is 10.2. The van der Waals surface area contributed by atoms with Gasteiger partial charge in [-0.2, -0.15) is 0 Å². The van der Waals surface area contributed by atoms with E-state index in [1.807, 2.05) is 0 Å². The van der Waals surface area contributed by atoms with Gasteiger partial charge in [-0.25, -0.2) is 9.97 Å². The van der Waals surface area contributed by atoms with Crippen molar-refractivity contribution in [2.75, 3.05) is 5.32 Å². The van der Waals surface area contributed by atoms with Crippen LogP contribution in [0.15, 0.2) is 82.9 Å². The van der Waals surface area contributed by atoms with Crippen molar-refractivity contribution in [1.82, 2.24) is 9.97 Å². The summed E-state index contributed by atoms with van der Waals surface area (Å²) in [5.74, 6) is 0.829. The SMILES string of the molecule is Brc1ccc(-c2csc3ncnc(Nc4cccc5ccccc45)c23)cc1. The molecule has 0 aliphatic rings. The average molecular weight is 432 g/mol. The highest BCUT2D eigenvalue weighted by molar-refractivity contribution is 9.10. The molecular weight excluding hydrogens is 418 g/mol. The molecule has 2 aromatic heterocycles. The molecule has 27 heavy (non-hydrogen) atoms. The first-order valence-electron chi connectivity index (χ1n) is 8.52. The fourth-order valence-electron chi connectivity index (χ4n) is 3.27. The Balaban J connectivity index is 1.67. The topological polar surface area (TPSA) is 37.8 Å². The smallest absolute Gasteiger partial charge is 0.143 e. The lowest BCUT2D eigenvalue weighted by molar-refractivity contribution is 1.23. The lowest BCUT2D eigenvalue weighted by Gasteiger charge is -2.11. The molecule has 3 nitrogen and oxygen atoms in total. The van der Waals surface area contributed by atoms with E-state index in [4.69, 9.17) is 0 Å². The molecule has 0 aliphatic heterocycles. The fraction of sp³-hybridized carbons (Fsp3) is 0. The normalized spacial score (nSPS) is 11.1. The fourth-order valence-corrected chi connectivity index (χ4v) is 4.45. The maximum Gasteiger partial charge on any atom is 0.143 e. The van der Waals surface area contributed by atoms with E-state index in [0.717, 1.165) is 37.3 Å². The zero-order chi connectivity index (χ0) is 18.2. The molecule has 5 aromatic rings. The highest BCUT2D eigenvalue weighted by atomic mass is 79.9. The number of hydrogen-bond acceptors (Lipinski definition) is 4. The molecular formula is C22H14BrN3S. The Morgan fingerprint density at radius 3 is 2.56 bits per heavy atom. The van der Waals surface area contributed by atoms with Crippen LogP contribution in [0.2, 0.25) is 0 Å². The molecule has 0 radical (unpaired) electrons. The first kappa shape index (κ1) is 16.4. The van der Waals surface area contributed by atoms with Gasteiger partial charge in [0, 0.05) is 26.5 Å². The van der Waals surface area contributed by atoms with Crippen LogP contribution in [0.3, 0.4) is 0 Å². The minimum absolute atomic E-state index is 0.829. The number of nitrogens with zero attached hydrogens (tertiary/aromatic N) is 2. The summed E-state index contributed by atoms with van der Waals surface area (Å²) in [6, 6.07) is 23.0. The summed E-state index contributed by atoms with van der Waals surface area (Å²) < 4.78 is 1.07. The van der Waals surface area contributed by atoms with E-state index in [9.17, 15) is 0 Å². The van der Waals surface area contributed by atoms with Gasteiger partial charge in [0.15, 0.2) is 0 Å². The maximum atomic E-state index is 4.56. The summed E-state index contributed by atoms with van der Waals surface area (Å²) in [6.07, 6.45) is 1.62. The first-order chi connectivity index (χ1) is 13.3. The second-order valence-electron chi connectivity index (χ2n) is 6.21. The molecule has 3 aromatic carbocycles. The maximum absolute atomic E-state index is 4.56. The number of fused-ring (bicyclic) bond motifs is 2. The lowest BCUT2D eigenvalue weighted by atomic mass is 10.1. The van der Waals surface area contributed by atoms with Crippen molar-refractivity contribution in [2.45, 2.75) is 0 Å². The van der Waals surface area contributed by atoms with Gasteiger partial charge < -0.3 is 5.32 Å². The van der Waals surface area contributed by atoms with Crippen LogP contribution in [0.1, 0.15) is 0 Å². The Bertz CT molecular complexity index is 1260. The molecule has 0 saturated heterocycles. The van der Waals surface area contributed by atoms with Crippen molar-refractivity contribution in [3.63, 3.8) is 0 Å². The van der Waals surface area contributed by atoms with Crippen LogP contribution in [-0.4, -0.2) is 9.97 Å². The number of aromatic nitrogens is 2. The molecule has 0 atom stereocenters. The van der Waals surface area contributed by atoms with Gasteiger partial charge in [-0.05, 0) is 29.1 Å². The lowest BCUT2D eigenvalue weighted by Crippen LogP contribution is -1.96. The second-order valence-corrected chi connectivity index (χ2v) is 7.98. The van der Waals surface area contributed by atoms with E-state index in [0.29, 0.717) is 0 Å². The molecule has 130 valence electrons. The summed E-state index contributed by atoms with van der Waals surface area (Å²) in [4.78, 5) is 10.0. The standard InChI is InChI=1S/C22H14BrN3S/c23-16-10-8-15(9-11-16)18-12-27-22-20(18)21(24-13-25-22)26-19-7-3-5-14-4-1-2-6-17(14)19/h1-13H,(H,24,25,26). The highest BCUT2D eigenvalue weighted by Gasteiger charge is 2.14. The van der Waals surface area contributed by atoms with Crippen molar-refractivity contribution >= 4 is 59.8 Å². The third kappa shape index (κ3) is 2.99. The van der Waals surface area contributed by atoms with Crippen LogP contribution in [-0.2, 0) is 0 Å². The Kier molecular flexibility index (Phi) is 4.11. The summed E-state index contributed by atoms with van der Waals surface area (Å²) in [7, 11) is 0. The number of hydrogen-bond donors (Lipinski definition) is 1. The zero-order valence-electron chi connectivity index (χ0n) is 14.2. The highest BCUT2D eigenvalue weighted by Crippen LogP contribution is 2.38. The quantitative estimate of drug-likeness (QED) is 0.333. The number of nitrogens with one attached hydrogen (secondary N) is 1. The summed E-state index contributed by atoms with van der Waals surface area (Å²) >= 11 is 5.14. The van der Waals surface area contributed by atoms with Crippen LogP contribution < -0.4 is 5.32 Å². The Hall–Kier alpha value is -2.76. The van der Waals surface area contributed by atoms with Crippen LogP contribution in [0.4, 0.5) is 11.5 Å². The van der Waals surface area contributed by atoms with Crippen LogP contribution in [0.5, 0.6) is 0 Å². The monoisotopic (exact) mass is 431 g/mol. The van der Waals surface area contributed by atoms with Crippen LogP contribution in [0.25, 0.3) is 32.1 Å². The number of rotatable bonds is 3. The predicted octanol–water partition coefficient (Wildman–Crippen LogP) is 7.02. The molecule has 2 heterocycles. The van der Waals surface area contributed by atoms with Crippen molar-refractivity contribution in [2.24, 2.45) is 0 Å². The molecule has 0 unspecified atom stereocenters. The Morgan fingerprint density at radius 1 is 0.852 bits per heavy atom. The molecule has 0 fully saturated rings. The number of benzene rings is 3. The summed E-state index contributed by atoms with van der Waals surface area (Å²) in [6.45, 7) is 0. The molecule has 0 bridgehead atoms. The molecule has 0 saturated carbocycles.